The van der Waals surface area contributed by atoms with Crippen LogP contribution in [0.4, 0.5) is 16.2 Å². The molecule has 1 aliphatic heterocycles. The number of carbonyl (C=O) groups excluding carboxylic acids is 1. The molecule has 0 spiro atoms. The number of rotatable bonds is 3. The van der Waals surface area contributed by atoms with Gasteiger partial charge in [0.25, 0.3) is 5.69 Å². The average molecular weight is 307 g/mol. The van der Waals surface area contributed by atoms with Crippen molar-refractivity contribution in [1.29, 1.82) is 0 Å². The van der Waals surface area contributed by atoms with Gasteiger partial charge in [-0.25, -0.2) is 4.79 Å². The number of nitrogens with zero attached hydrogens (tertiary/aromatic N) is 1. The fraction of sp³-hybridized carbons (Fsp3) is 0.533. The summed E-state index contributed by atoms with van der Waals surface area (Å²) in [6, 6.07) is 4.12. The Labute approximate surface area is 129 Å². The molecular weight excluding hydrogens is 286 g/mol. The number of nitro benzene ring substituents is 1. The highest BCUT2D eigenvalue weighted by atomic mass is 16.6. The first-order valence-corrected chi connectivity index (χ1v) is 7.33. The zero-order valence-corrected chi connectivity index (χ0v) is 13.0. The van der Waals surface area contributed by atoms with Crippen molar-refractivity contribution in [3.05, 3.63) is 33.9 Å². The third-order valence-corrected chi connectivity index (χ3v) is 3.70. The Balaban J connectivity index is 1.96. The predicted octanol–water partition coefficient (Wildman–Crippen LogP) is 2.98. The number of ether oxygens (including phenoxy) is 1. The molecule has 2 amide bonds. The van der Waals surface area contributed by atoms with Crippen LogP contribution in [0.25, 0.3) is 0 Å². The molecule has 1 fully saturated rings. The highest BCUT2D eigenvalue weighted by Gasteiger charge is 2.25. The van der Waals surface area contributed by atoms with Crippen molar-refractivity contribution in [2.75, 3.05) is 5.32 Å². The van der Waals surface area contributed by atoms with E-state index in [2.05, 4.69) is 10.6 Å². The van der Waals surface area contributed by atoms with E-state index in [1.807, 2.05) is 13.8 Å². The van der Waals surface area contributed by atoms with Gasteiger partial charge in [0.15, 0.2) is 0 Å². The number of amides is 2. The molecular formula is C15H21N3O4. The van der Waals surface area contributed by atoms with Gasteiger partial charge in [-0.15, -0.1) is 0 Å². The number of anilines is 1. The minimum Gasteiger partial charge on any atom is -0.375 e. The third-order valence-electron chi connectivity index (χ3n) is 3.70. The number of carbonyl (C=O) groups is 1. The Bertz CT molecular complexity index is 566. The van der Waals surface area contributed by atoms with Crippen LogP contribution in [-0.2, 0) is 4.74 Å². The van der Waals surface area contributed by atoms with Gasteiger partial charge in [0.2, 0.25) is 0 Å². The first-order chi connectivity index (χ1) is 10.3. The molecule has 1 saturated heterocycles. The van der Waals surface area contributed by atoms with E-state index in [1.165, 1.54) is 12.1 Å². The number of hydrogen-bond donors (Lipinski definition) is 2. The maximum atomic E-state index is 12.1. The molecule has 0 saturated carbocycles. The smallest absolute Gasteiger partial charge is 0.319 e. The molecule has 120 valence electrons. The van der Waals surface area contributed by atoms with Gasteiger partial charge in [-0.05, 0) is 45.2 Å². The lowest BCUT2D eigenvalue weighted by molar-refractivity contribution is -0.384. The second-order valence-corrected chi connectivity index (χ2v) is 5.78. The number of urea groups is 1. The predicted molar refractivity (Wildman–Crippen MR) is 83.0 cm³/mol. The van der Waals surface area contributed by atoms with Crippen LogP contribution in [-0.4, -0.2) is 29.2 Å². The molecule has 2 N–H and O–H groups in total. The van der Waals surface area contributed by atoms with Crippen LogP contribution in [0.15, 0.2) is 18.2 Å². The minimum absolute atomic E-state index is 0.00976. The van der Waals surface area contributed by atoms with Gasteiger partial charge in [0.1, 0.15) is 0 Å². The highest BCUT2D eigenvalue weighted by molar-refractivity contribution is 5.90. The molecule has 0 aromatic heterocycles. The lowest BCUT2D eigenvalue weighted by Crippen LogP contribution is -2.45. The van der Waals surface area contributed by atoms with Gasteiger partial charge in [0.05, 0.1) is 17.1 Å². The van der Waals surface area contributed by atoms with Crippen molar-refractivity contribution in [2.45, 2.75) is 51.9 Å². The molecule has 1 aliphatic rings. The van der Waals surface area contributed by atoms with E-state index in [1.54, 1.807) is 13.0 Å². The summed E-state index contributed by atoms with van der Waals surface area (Å²) in [5, 5.41) is 16.4. The van der Waals surface area contributed by atoms with Crippen LogP contribution in [0.5, 0.6) is 0 Å². The van der Waals surface area contributed by atoms with Crippen LogP contribution in [0, 0.1) is 17.0 Å². The van der Waals surface area contributed by atoms with E-state index in [0.29, 0.717) is 11.3 Å². The number of nitro groups is 1. The summed E-state index contributed by atoms with van der Waals surface area (Å²) < 4.78 is 5.64. The maximum absolute atomic E-state index is 12.1. The van der Waals surface area contributed by atoms with Crippen molar-refractivity contribution in [3.8, 4) is 0 Å². The van der Waals surface area contributed by atoms with Crippen LogP contribution >= 0.6 is 0 Å². The van der Waals surface area contributed by atoms with Crippen molar-refractivity contribution in [2.24, 2.45) is 0 Å². The molecule has 7 nitrogen and oxygen atoms in total. The van der Waals surface area contributed by atoms with Gasteiger partial charge in [-0.3, -0.25) is 10.1 Å². The third kappa shape index (κ3) is 4.17. The van der Waals surface area contributed by atoms with Gasteiger partial charge < -0.3 is 15.4 Å². The first-order valence-electron chi connectivity index (χ1n) is 7.33. The van der Waals surface area contributed by atoms with Crippen molar-refractivity contribution < 1.29 is 14.5 Å². The molecule has 0 radical (unpaired) electrons. The molecule has 0 bridgehead atoms. The molecule has 22 heavy (non-hydrogen) atoms. The highest BCUT2D eigenvalue weighted by Crippen LogP contribution is 2.22. The van der Waals surface area contributed by atoms with Gasteiger partial charge >= 0.3 is 6.03 Å². The molecule has 2 rings (SSSR count). The fourth-order valence-corrected chi connectivity index (χ4v) is 2.77. The Kier molecular flexibility index (Phi) is 4.97. The van der Waals surface area contributed by atoms with Crippen LogP contribution in [0.3, 0.4) is 0 Å². The second kappa shape index (κ2) is 6.74. The summed E-state index contributed by atoms with van der Waals surface area (Å²) in [6.45, 7) is 5.70. The largest absolute Gasteiger partial charge is 0.375 e. The lowest BCUT2D eigenvalue weighted by Gasteiger charge is -2.32. The zero-order chi connectivity index (χ0) is 16.3. The Hall–Kier alpha value is -2.15. The second-order valence-electron chi connectivity index (χ2n) is 5.78. The van der Waals surface area contributed by atoms with E-state index in [4.69, 9.17) is 4.74 Å². The molecule has 7 heteroatoms. The van der Waals surface area contributed by atoms with E-state index in [-0.39, 0.29) is 30.0 Å². The Morgan fingerprint density at radius 3 is 2.50 bits per heavy atom. The quantitative estimate of drug-likeness (QED) is 0.663. The fourth-order valence-electron chi connectivity index (χ4n) is 2.77. The van der Waals surface area contributed by atoms with E-state index >= 15 is 0 Å². The number of benzene rings is 1. The molecule has 0 aliphatic carbocycles. The Morgan fingerprint density at radius 2 is 1.95 bits per heavy atom. The summed E-state index contributed by atoms with van der Waals surface area (Å²) in [6.07, 6.45) is 1.79. The van der Waals surface area contributed by atoms with E-state index in [0.717, 1.165) is 12.8 Å². The van der Waals surface area contributed by atoms with E-state index < -0.39 is 4.92 Å². The number of hydrogen-bond acceptors (Lipinski definition) is 4. The Morgan fingerprint density at radius 1 is 1.32 bits per heavy atom. The summed E-state index contributed by atoms with van der Waals surface area (Å²) >= 11 is 0. The molecule has 1 heterocycles. The summed E-state index contributed by atoms with van der Waals surface area (Å²) in [4.78, 5) is 22.3. The first kappa shape index (κ1) is 16.2. The monoisotopic (exact) mass is 307 g/mol. The van der Waals surface area contributed by atoms with Crippen molar-refractivity contribution in [1.82, 2.24) is 5.32 Å². The summed E-state index contributed by atoms with van der Waals surface area (Å²) in [5.41, 5.74) is 1.23. The number of non-ortho nitro benzene ring substituents is 1. The zero-order valence-electron chi connectivity index (χ0n) is 13.0. The number of nitrogens with one attached hydrogen (secondary N) is 2. The SMILES string of the molecule is Cc1cc([N+](=O)[O-])ccc1NC(=O)NC1C[C@@H](C)O[C@@H](C)C1. The standard InChI is InChI=1S/C15H21N3O4/c1-9-6-13(18(20)21)4-5-14(9)17-15(19)16-12-7-10(2)22-11(3)8-12/h4-6,10-12H,7-8H2,1-3H3,(H2,16,17,19)/t10-,11+,12?. The van der Waals surface area contributed by atoms with Gasteiger partial charge in [-0.1, -0.05) is 0 Å². The molecule has 1 aromatic carbocycles. The summed E-state index contributed by atoms with van der Waals surface area (Å²) in [7, 11) is 0. The van der Waals surface area contributed by atoms with Crippen LogP contribution in [0.1, 0.15) is 32.3 Å². The van der Waals surface area contributed by atoms with Crippen molar-refractivity contribution in [3.63, 3.8) is 0 Å². The van der Waals surface area contributed by atoms with E-state index in [9.17, 15) is 14.9 Å². The normalized spacial score (nSPS) is 24.6. The van der Waals surface area contributed by atoms with Crippen LogP contribution in [0.2, 0.25) is 0 Å². The molecule has 1 aromatic rings. The van der Waals surface area contributed by atoms with Crippen molar-refractivity contribution >= 4 is 17.4 Å². The minimum atomic E-state index is -0.457. The summed E-state index contributed by atoms with van der Waals surface area (Å²) in [5.74, 6) is 0. The lowest BCUT2D eigenvalue weighted by atomic mass is 10.0. The van der Waals surface area contributed by atoms with Gasteiger partial charge in [0, 0.05) is 23.9 Å². The molecule has 3 atom stereocenters. The topological polar surface area (TPSA) is 93.5 Å². The maximum Gasteiger partial charge on any atom is 0.319 e. The van der Waals surface area contributed by atoms with Gasteiger partial charge in [-0.2, -0.15) is 0 Å². The number of aryl methyl sites for hydroxylation is 1. The average Bonchev–Trinajstić information content (AvgIpc) is 2.39. The van der Waals surface area contributed by atoms with Crippen LogP contribution < -0.4 is 10.6 Å². The molecule has 1 unspecified atom stereocenters.